The molecule has 0 spiro atoms. The standard InChI is InChI=1S/C14H11ClFN3O/c1-19-10(5-8-6-12(15)18-7-11(8)19)13-9(16)3-4-17-14(13)20-2/h3-7H,1-2H3. The van der Waals surface area contributed by atoms with E-state index in [1.54, 1.807) is 12.3 Å². The molecular formula is C14H11ClFN3O. The minimum atomic E-state index is -0.387. The molecule has 0 atom stereocenters. The molecule has 0 aliphatic carbocycles. The Labute approximate surface area is 119 Å². The molecule has 20 heavy (non-hydrogen) atoms. The first kappa shape index (κ1) is 12.9. The van der Waals surface area contributed by atoms with Crippen molar-refractivity contribution in [2.24, 2.45) is 7.05 Å². The molecule has 0 aromatic carbocycles. The Morgan fingerprint density at radius 1 is 1.30 bits per heavy atom. The van der Waals surface area contributed by atoms with Crippen molar-refractivity contribution in [3.63, 3.8) is 0 Å². The van der Waals surface area contributed by atoms with Crippen LogP contribution in [0.2, 0.25) is 5.15 Å². The highest BCUT2D eigenvalue weighted by atomic mass is 35.5. The third kappa shape index (κ3) is 1.91. The van der Waals surface area contributed by atoms with E-state index in [0.29, 0.717) is 16.4 Å². The van der Waals surface area contributed by atoms with Gasteiger partial charge in [0.1, 0.15) is 11.0 Å². The number of nitrogens with zero attached hydrogens (tertiary/aromatic N) is 3. The van der Waals surface area contributed by atoms with E-state index in [1.165, 1.54) is 19.4 Å². The van der Waals surface area contributed by atoms with Gasteiger partial charge in [0.25, 0.3) is 0 Å². The molecule has 0 amide bonds. The Hall–Kier alpha value is -2.14. The summed E-state index contributed by atoms with van der Waals surface area (Å²) >= 11 is 5.88. The third-order valence-electron chi connectivity index (χ3n) is 3.21. The van der Waals surface area contributed by atoms with Crippen LogP contribution in [0.25, 0.3) is 22.2 Å². The Bertz CT molecular complexity index is 800. The highest BCUT2D eigenvalue weighted by Crippen LogP contribution is 2.34. The quantitative estimate of drug-likeness (QED) is 0.679. The zero-order valence-electron chi connectivity index (χ0n) is 10.9. The highest BCUT2D eigenvalue weighted by molar-refractivity contribution is 6.30. The molecule has 3 aromatic heterocycles. The van der Waals surface area contributed by atoms with Gasteiger partial charge in [0.05, 0.1) is 30.1 Å². The van der Waals surface area contributed by atoms with Gasteiger partial charge >= 0.3 is 0 Å². The average molecular weight is 292 g/mol. The van der Waals surface area contributed by atoms with Gasteiger partial charge < -0.3 is 9.30 Å². The molecule has 0 saturated heterocycles. The van der Waals surface area contributed by atoms with E-state index >= 15 is 0 Å². The second-order valence-electron chi connectivity index (χ2n) is 4.33. The summed E-state index contributed by atoms with van der Waals surface area (Å²) in [6.45, 7) is 0. The number of pyridine rings is 2. The molecule has 3 aromatic rings. The van der Waals surface area contributed by atoms with Gasteiger partial charge in [-0.3, -0.25) is 0 Å². The molecule has 6 heteroatoms. The van der Waals surface area contributed by atoms with Crippen molar-refractivity contribution in [1.29, 1.82) is 0 Å². The lowest BCUT2D eigenvalue weighted by Crippen LogP contribution is -1.98. The molecule has 0 aliphatic heterocycles. The number of hydrogen-bond acceptors (Lipinski definition) is 3. The number of fused-ring (bicyclic) bond motifs is 1. The van der Waals surface area contributed by atoms with Gasteiger partial charge in [-0.1, -0.05) is 11.6 Å². The molecule has 0 aliphatic rings. The van der Waals surface area contributed by atoms with Gasteiger partial charge in [-0.25, -0.2) is 14.4 Å². The van der Waals surface area contributed by atoms with Crippen LogP contribution in [0.3, 0.4) is 0 Å². The number of methoxy groups -OCH3 is 1. The van der Waals surface area contributed by atoms with Crippen LogP contribution >= 0.6 is 11.6 Å². The summed E-state index contributed by atoms with van der Waals surface area (Å²) in [7, 11) is 3.30. The van der Waals surface area contributed by atoms with Crippen LogP contribution in [0.4, 0.5) is 4.39 Å². The minimum absolute atomic E-state index is 0.245. The fourth-order valence-electron chi connectivity index (χ4n) is 2.25. The normalized spacial score (nSPS) is 11.0. The van der Waals surface area contributed by atoms with Gasteiger partial charge in [0.15, 0.2) is 0 Å². The minimum Gasteiger partial charge on any atom is -0.480 e. The maximum Gasteiger partial charge on any atom is 0.225 e. The molecule has 4 nitrogen and oxygen atoms in total. The topological polar surface area (TPSA) is 39.9 Å². The molecule has 102 valence electrons. The van der Waals surface area contributed by atoms with Crippen LogP contribution in [0.15, 0.2) is 30.6 Å². The lowest BCUT2D eigenvalue weighted by atomic mass is 10.2. The highest BCUT2D eigenvalue weighted by Gasteiger charge is 2.18. The number of halogens is 2. The van der Waals surface area contributed by atoms with Crippen LogP contribution < -0.4 is 4.74 Å². The number of aryl methyl sites for hydroxylation is 1. The van der Waals surface area contributed by atoms with Crippen molar-refractivity contribution in [1.82, 2.24) is 14.5 Å². The SMILES string of the molecule is COc1nccc(F)c1-c1cc2cc(Cl)ncc2n1C. The number of hydrogen-bond donors (Lipinski definition) is 0. The summed E-state index contributed by atoms with van der Waals surface area (Å²) < 4.78 is 21.1. The van der Waals surface area contributed by atoms with Crippen LogP contribution in [-0.4, -0.2) is 21.6 Å². The molecule has 0 radical (unpaired) electrons. The first-order valence-electron chi connectivity index (χ1n) is 5.91. The monoisotopic (exact) mass is 291 g/mol. The third-order valence-corrected chi connectivity index (χ3v) is 3.42. The Kier molecular flexibility index (Phi) is 3.06. The zero-order chi connectivity index (χ0) is 14.3. The zero-order valence-corrected chi connectivity index (χ0v) is 11.6. The molecule has 0 bridgehead atoms. The molecule has 3 rings (SSSR count). The van der Waals surface area contributed by atoms with Crippen molar-refractivity contribution < 1.29 is 9.13 Å². The fraction of sp³-hybridized carbons (Fsp3) is 0.143. The van der Waals surface area contributed by atoms with Crippen LogP contribution in [0, 0.1) is 5.82 Å². The van der Waals surface area contributed by atoms with E-state index < -0.39 is 0 Å². The van der Waals surface area contributed by atoms with E-state index in [4.69, 9.17) is 16.3 Å². The summed E-state index contributed by atoms with van der Waals surface area (Å²) in [4.78, 5) is 8.09. The van der Waals surface area contributed by atoms with E-state index in [2.05, 4.69) is 9.97 Å². The molecule has 0 N–H and O–H groups in total. The van der Waals surface area contributed by atoms with Crippen LogP contribution in [-0.2, 0) is 7.05 Å². The van der Waals surface area contributed by atoms with Crippen molar-refractivity contribution >= 4 is 22.5 Å². The second-order valence-corrected chi connectivity index (χ2v) is 4.72. The number of rotatable bonds is 2. The summed E-state index contributed by atoms with van der Waals surface area (Å²) in [5, 5.41) is 1.28. The van der Waals surface area contributed by atoms with E-state index in [1.807, 2.05) is 17.7 Å². The molecule has 0 unspecified atom stereocenters. The van der Waals surface area contributed by atoms with Crippen molar-refractivity contribution in [2.45, 2.75) is 0 Å². The number of aromatic nitrogens is 3. The van der Waals surface area contributed by atoms with Crippen molar-refractivity contribution in [3.8, 4) is 17.1 Å². The predicted molar refractivity (Wildman–Crippen MR) is 75.5 cm³/mol. The van der Waals surface area contributed by atoms with E-state index in [0.717, 1.165) is 10.9 Å². The second kappa shape index (κ2) is 4.76. The average Bonchev–Trinajstić information content (AvgIpc) is 2.74. The fourth-order valence-corrected chi connectivity index (χ4v) is 2.42. The Balaban J connectivity index is 2.33. The smallest absolute Gasteiger partial charge is 0.225 e. The predicted octanol–water partition coefficient (Wildman–Crippen LogP) is 3.44. The maximum absolute atomic E-state index is 14.1. The summed E-state index contributed by atoms with van der Waals surface area (Å²) in [6.07, 6.45) is 3.03. The van der Waals surface area contributed by atoms with Gasteiger partial charge in [-0.15, -0.1) is 0 Å². The van der Waals surface area contributed by atoms with Crippen molar-refractivity contribution in [2.75, 3.05) is 7.11 Å². The van der Waals surface area contributed by atoms with E-state index in [9.17, 15) is 4.39 Å². The lowest BCUT2D eigenvalue weighted by Gasteiger charge is -2.09. The summed E-state index contributed by atoms with van der Waals surface area (Å²) in [5.41, 5.74) is 1.84. The molecule has 0 saturated carbocycles. The summed E-state index contributed by atoms with van der Waals surface area (Å²) in [6, 6.07) is 4.88. The molecule has 3 heterocycles. The first-order chi connectivity index (χ1) is 9.61. The first-order valence-corrected chi connectivity index (χ1v) is 6.29. The Morgan fingerprint density at radius 2 is 2.10 bits per heavy atom. The molecular weight excluding hydrogens is 281 g/mol. The van der Waals surface area contributed by atoms with Crippen LogP contribution in [0.5, 0.6) is 5.88 Å². The van der Waals surface area contributed by atoms with E-state index in [-0.39, 0.29) is 11.7 Å². The maximum atomic E-state index is 14.1. The largest absolute Gasteiger partial charge is 0.480 e. The van der Waals surface area contributed by atoms with Gasteiger partial charge in [-0.2, -0.15) is 0 Å². The van der Waals surface area contributed by atoms with Crippen molar-refractivity contribution in [3.05, 3.63) is 41.6 Å². The van der Waals surface area contributed by atoms with Gasteiger partial charge in [0, 0.05) is 18.6 Å². The van der Waals surface area contributed by atoms with Gasteiger partial charge in [-0.05, 0) is 18.2 Å². The molecule has 0 fully saturated rings. The lowest BCUT2D eigenvalue weighted by molar-refractivity contribution is 0.396. The Morgan fingerprint density at radius 3 is 2.85 bits per heavy atom. The van der Waals surface area contributed by atoms with Crippen LogP contribution in [0.1, 0.15) is 0 Å². The number of ether oxygens (including phenoxy) is 1. The summed E-state index contributed by atoms with van der Waals surface area (Å²) in [5.74, 6) is -0.142. The van der Waals surface area contributed by atoms with Gasteiger partial charge in [0.2, 0.25) is 5.88 Å².